The van der Waals surface area contributed by atoms with Gasteiger partial charge in [0, 0.05) is 36.1 Å². The fourth-order valence-corrected chi connectivity index (χ4v) is 3.58. The van der Waals surface area contributed by atoms with Crippen LogP contribution in [0.4, 0.5) is 0 Å². The summed E-state index contributed by atoms with van der Waals surface area (Å²) in [5.41, 5.74) is 3.94. The molecule has 0 bridgehead atoms. The van der Waals surface area contributed by atoms with Crippen LogP contribution in [-0.2, 0) is 13.0 Å². The van der Waals surface area contributed by atoms with Crippen LogP contribution in [0, 0.1) is 6.92 Å². The zero-order valence-corrected chi connectivity index (χ0v) is 15.6. The number of aryl methyl sites for hydroxylation is 2. The molecule has 26 heavy (non-hydrogen) atoms. The molecule has 0 aliphatic carbocycles. The molecule has 3 rings (SSSR count). The number of aromatic amines is 1. The molecule has 0 radical (unpaired) electrons. The Hall–Kier alpha value is -2.82. The van der Waals surface area contributed by atoms with Gasteiger partial charge in [0.2, 0.25) is 0 Å². The summed E-state index contributed by atoms with van der Waals surface area (Å²) in [7, 11) is 0. The number of ketones is 1. The molecule has 1 aromatic carbocycles. The van der Waals surface area contributed by atoms with Crippen molar-refractivity contribution in [1.29, 1.82) is 0 Å². The Balaban J connectivity index is 1.61. The monoisotopic (exact) mass is 351 g/mol. The SMILES string of the molecule is CCc1c(C(=O)NCCCn2ccc3ccccc32)[nH]c(C)c1C(C)=O. The second-order valence-corrected chi connectivity index (χ2v) is 6.57. The Bertz CT molecular complexity index is 949. The van der Waals surface area contributed by atoms with E-state index in [0.29, 0.717) is 24.2 Å². The van der Waals surface area contributed by atoms with Gasteiger partial charge in [-0.15, -0.1) is 0 Å². The van der Waals surface area contributed by atoms with Crippen molar-refractivity contribution in [3.05, 3.63) is 59.0 Å². The van der Waals surface area contributed by atoms with Crippen molar-refractivity contribution in [3.8, 4) is 0 Å². The molecule has 136 valence electrons. The summed E-state index contributed by atoms with van der Waals surface area (Å²) < 4.78 is 2.20. The van der Waals surface area contributed by atoms with E-state index in [-0.39, 0.29) is 11.7 Å². The van der Waals surface area contributed by atoms with Gasteiger partial charge >= 0.3 is 0 Å². The van der Waals surface area contributed by atoms with Gasteiger partial charge in [0.25, 0.3) is 5.91 Å². The van der Waals surface area contributed by atoms with Crippen molar-refractivity contribution in [1.82, 2.24) is 14.9 Å². The van der Waals surface area contributed by atoms with Crippen molar-refractivity contribution in [3.63, 3.8) is 0 Å². The van der Waals surface area contributed by atoms with Crippen molar-refractivity contribution in [2.24, 2.45) is 0 Å². The number of aromatic nitrogens is 2. The minimum atomic E-state index is -0.144. The molecule has 2 heterocycles. The number of para-hydroxylation sites is 1. The number of amides is 1. The molecule has 0 spiro atoms. The number of fused-ring (bicyclic) bond motifs is 1. The van der Waals surface area contributed by atoms with Gasteiger partial charge in [-0.2, -0.15) is 0 Å². The van der Waals surface area contributed by atoms with Gasteiger partial charge in [-0.25, -0.2) is 0 Å². The van der Waals surface area contributed by atoms with E-state index >= 15 is 0 Å². The fourth-order valence-electron chi connectivity index (χ4n) is 3.58. The lowest BCUT2D eigenvalue weighted by Crippen LogP contribution is -2.26. The zero-order valence-electron chi connectivity index (χ0n) is 15.6. The number of H-pyrrole nitrogens is 1. The van der Waals surface area contributed by atoms with Gasteiger partial charge in [0.05, 0.1) is 0 Å². The summed E-state index contributed by atoms with van der Waals surface area (Å²) >= 11 is 0. The Labute approximate surface area is 153 Å². The second kappa shape index (κ2) is 7.60. The third-order valence-electron chi connectivity index (χ3n) is 4.77. The van der Waals surface area contributed by atoms with Gasteiger partial charge in [0.15, 0.2) is 5.78 Å². The summed E-state index contributed by atoms with van der Waals surface area (Å²) in [5.74, 6) is -0.149. The largest absolute Gasteiger partial charge is 0.354 e. The number of Topliss-reactive ketones (excluding diaryl/α,β-unsaturated/α-hetero) is 1. The molecule has 1 amide bonds. The number of benzene rings is 1. The van der Waals surface area contributed by atoms with Gasteiger partial charge in [-0.3, -0.25) is 9.59 Å². The van der Waals surface area contributed by atoms with Crippen LogP contribution in [0.1, 0.15) is 52.4 Å². The fraction of sp³-hybridized carbons (Fsp3) is 0.333. The van der Waals surface area contributed by atoms with Crippen LogP contribution in [0.5, 0.6) is 0 Å². The number of hydrogen-bond donors (Lipinski definition) is 2. The van der Waals surface area contributed by atoms with Crippen molar-refractivity contribution < 1.29 is 9.59 Å². The van der Waals surface area contributed by atoms with Crippen LogP contribution in [0.25, 0.3) is 10.9 Å². The maximum atomic E-state index is 12.5. The second-order valence-electron chi connectivity index (χ2n) is 6.57. The first kappa shape index (κ1) is 18.0. The predicted molar refractivity (Wildman–Crippen MR) is 104 cm³/mol. The first-order valence-corrected chi connectivity index (χ1v) is 9.07. The van der Waals surface area contributed by atoms with Crippen molar-refractivity contribution in [2.75, 3.05) is 6.54 Å². The quantitative estimate of drug-likeness (QED) is 0.501. The first-order chi connectivity index (χ1) is 12.5. The molecule has 0 aliphatic heterocycles. The number of carbonyl (C=O) groups excluding carboxylic acids is 2. The van der Waals surface area contributed by atoms with E-state index in [2.05, 4.69) is 39.3 Å². The molecule has 0 fully saturated rings. The van der Waals surface area contributed by atoms with E-state index in [0.717, 1.165) is 24.2 Å². The highest BCUT2D eigenvalue weighted by Gasteiger charge is 2.21. The van der Waals surface area contributed by atoms with Gasteiger partial charge in [0.1, 0.15) is 5.69 Å². The van der Waals surface area contributed by atoms with Crippen LogP contribution < -0.4 is 5.32 Å². The standard InChI is InChI=1S/C21H25N3O2/c1-4-17-19(15(3)25)14(2)23-20(17)21(26)22-11-7-12-24-13-10-16-8-5-6-9-18(16)24/h5-6,8-10,13,23H,4,7,11-12H2,1-3H3,(H,22,26). The highest BCUT2D eigenvalue weighted by molar-refractivity contribution is 6.02. The third-order valence-corrected chi connectivity index (χ3v) is 4.77. The average molecular weight is 351 g/mol. The molecule has 0 aliphatic rings. The molecule has 2 aromatic heterocycles. The molecule has 3 aromatic rings. The lowest BCUT2D eigenvalue weighted by Gasteiger charge is -2.08. The molecule has 0 saturated heterocycles. The number of nitrogens with zero attached hydrogens (tertiary/aromatic N) is 1. The third kappa shape index (κ3) is 3.43. The van der Waals surface area contributed by atoms with E-state index in [1.807, 2.05) is 26.0 Å². The Morgan fingerprint density at radius 3 is 2.69 bits per heavy atom. The average Bonchev–Trinajstić information content (AvgIpc) is 3.19. The summed E-state index contributed by atoms with van der Waals surface area (Å²) in [6.45, 7) is 6.77. The van der Waals surface area contributed by atoms with Crippen LogP contribution in [-0.4, -0.2) is 27.8 Å². The minimum Gasteiger partial charge on any atom is -0.354 e. The van der Waals surface area contributed by atoms with Gasteiger partial charge < -0.3 is 14.9 Å². The normalized spacial score (nSPS) is 11.0. The zero-order chi connectivity index (χ0) is 18.7. The van der Waals surface area contributed by atoms with E-state index in [9.17, 15) is 9.59 Å². The van der Waals surface area contributed by atoms with Crippen molar-refractivity contribution >= 4 is 22.6 Å². The number of hydrogen-bond acceptors (Lipinski definition) is 2. The lowest BCUT2D eigenvalue weighted by atomic mass is 10.0. The summed E-state index contributed by atoms with van der Waals surface area (Å²) in [4.78, 5) is 27.4. The molecular formula is C21H25N3O2. The molecule has 5 nitrogen and oxygen atoms in total. The van der Waals surface area contributed by atoms with E-state index < -0.39 is 0 Å². The molecule has 0 atom stereocenters. The molecule has 0 saturated carbocycles. The van der Waals surface area contributed by atoms with Crippen molar-refractivity contribution in [2.45, 2.75) is 40.2 Å². The highest BCUT2D eigenvalue weighted by atomic mass is 16.2. The Morgan fingerprint density at radius 1 is 1.19 bits per heavy atom. The number of rotatable bonds is 7. The maximum Gasteiger partial charge on any atom is 0.268 e. The minimum absolute atomic E-state index is 0.00543. The Kier molecular flexibility index (Phi) is 5.26. The van der Waals surface area contributed by atoms with Crippen LogP contribution >= 0.6 is 0 Å². The van der Waals surface area contributed by atoms with Gasteiger partial charge in [-0.05, 0) is 49.8 Å². The molecule has 0 unspecified atom stereocenters. The van der Waals surface area contributed by atoms with E-state index in [1.54, 1.807) is 6.92 Å². The smallest absolute Gasteiger partial charge is 0.268 e. The van der Waals surface area contributed by atoms with Crippen LogP contribution in [0.15, 0.2) is 36.5 Å². The number of nitrogens with one attached hydrogen (secondary N) is 2. The summed E-state index contributed by atoms with van der Waals surface area (Å²) in [6, 6.07) is 10.4. The van der Waals surface area contributed by atoms with Crippen LogP contribution in [0.2, 0.25) is 0 Å². The Morgan fingerprint density at radius 2 is 1.96 bits per heavy atom. The predicted octanol–water partition coefficient (Wildman–Crippen LogP) is 3.86. The van der Waals surface area contributed by atoms with E-state index in [4.69, 9.17) is 0 Å². The molecule has 5 heteroatoms. The first-order valence-electron chi connectivity index (χ1n) is 9.07. The van der Waals surface area contributed by atoms with Crippen LogP contribution in [0.3, 0.4) is 0 Å². The lowest BCUT2D eigenvalue weighted by molar-refractivity contribution is 0.0947. The molecule has 2 N–H and O–H groups in total. The van der Waals surface area contributed by atoms with Gasteiger partial charge in [-0.1, -0.05) is 25.1 Å². The summed E-state index contributed by atoms with van der Waals surface area (Å²) in [5, 5.41) is 4.19. The number of carbonyl (C=O) groups is 2. The molecular weight excluding hydrogens is 326 g/mol. The maximum absolute atomic E-state index is 12.5. The topological polar surface area (TPSA) is 66.9 Å². The van der Waals surface area contributed by atoms with E-state index in [1.165, 1.54) is 10.9 Å². The highest BCUT2D eigenvalue weighted by Crippen LogP contribution is 2.20. The summed E-state index contributed by atoms with van der Waals surface area (Å²) in [6.07, 6.45) is 3.57.